The first kappa shape index (κ1) is 13.1. The molecule has 5 nitrogen and oxygen atoms in total. The first-order valence-electron chi connectivity index (χ1n) is 5.66. The van der Waals surface area contributed by atoms with E-state index >= 15 is 0 Å². The molecule has 0 aliphatic rings. The van der Waals surface area contributed by atoms with Crippen molar-refractivity contribution in [3.05, 3.63) is 42.1 Å². The zero-order valence-corrected chi connectivity index (χ0v) is 11.1. The Balaban J connectivity index is 2.52. The van der Waals surface area contributed by atoms with E-state index in [1.54, 1.807) is 6.92 Å². The number of hydrogen-bond donors (Lipinski definition) is 0. The van der Waals surface area contributed by atoms with Gasteiger partial charge in [0.1, 0.15) is 5.56 Å². The largest absolute Gasteiger partial charge is 0.462 e. The van der Waals surface area contributed by atoms with Crippen molar-refractivity contribution in [3.8, 4) is 5.69 Å². The van der Waals surface area contributed by atoms with Crippen LogP contribution in [0.5, 0.6) is 0 Å². The highest BCUT2D eigenvalue weighted by Crippen LogP contribution is 2.23. The van der Waals surface area contributed by atoms with Gasteiger partial charge in [-0.2, -0.15) is 10.1 Å². The van der Waals surface area contributed by atoms with Gasteiger partial charge in [0.05, 0.1) is 23.7 Å². The van der Waals surface area contributed by atoms with E-state index in [0.717, 1.165) is 5.69 Å². The normalized spacial score (nSPS) is 9.74. The lowest BCUT2D eigenvalue weighted by Crippen LogP contribution is -2.04. The van der Waals surface area contributed by atoms with Gasteiger partial charge in [0.2, 0.25) is 0 Å². The topological polar surface area (TPSA) is 56.5 Å². The predicted molar refractivity (Wildman–Crippen MR) is 74.2 cm³/mol. The molecule has 0 amide bonds. The summed E-state index contributed by atoms with van der Waals surface area (Å²) in [7, 11) is 0. The van der Waals surface area contributed by atoms with E-state index in [4.69, 9.17) is 4.74 Å². The van der Waals surface area contributed by atoms with Crippen LogP contribution in [0.3, 0.4) is 0 Å². The first-order chi connectivity index (χ1) is 9.27. The fourth-order valence-electron chi connectivity index (χ4n) is 1.60. The smallest absolute Gasteiger partial charge is 0.343 e. The van der Waals surface area contributed by atoms with Gasteiger partial charge in [0.25, 0.3) is 0 Å². The number of aliphatic imine (C=N–C) groups is 1. The Labute approximate surface area is 115 Å². The maximum absolute atomic E-state index is 11.8. The zero-order chi connectivity index (χ0) is 13.7. The van der Waals surface area contributed by atoms with Gasteiger partial charge in [0.15, 0.2) is 5.82 Å². The molecule has 0 spiro atoms. The van der Waals surface area contributed by atoms with Gasteiger partial charge in [-0.05, 0) is 31.3 Å². The minimum Gasteiger partial charge on any atom is -0.462 e. The standard InChI is InChI=1S/C13H11N3O2S/c1-2-18-13(17)11-8-15-16(12(11)14-9-19)10-6-4-3-5-7-10/h3-8H,2H2,1H3. The van der Waals surface area contributed by atoms with E-state index in [1.165, 1.54) is 10.9 Å². The van der Waals surface area contributed by atoms with Crippen LogP contribution < -0.4 is 0 Å². The molecule has 0 aliphatic heterocycles. The molecule has 0 unspecified atom stereocenters. The summed E-state index contributed by atoms with van der Waals surface area (Å²) in [6, 6.07) is 9.33. The number of benzene rings is 1. The van der Waals surface area contributed by atoms with Gasteiger partial charge in [0, 0.05) is 0 Å². The lowest BCUT2D eigenvalue weighted by molar-refractivity contribution is 0.0527. The van der Waals surface area contributed by atoms with Gasteiger partial charge in [-0.25, -0.2) is 9.48 Å². The highest BCUT2D eigenvalue weighted by molar-refractivity contribution is 7.78. The second-order valence-electron chi connectivity index (χ2n) is 3.55. The molecule has 1 aromatic heterocycles. The monoisotopic (exact) mass is 273 g/mol. The molecular formula is C13H11N3O2S. The Morgan fingerprint density at radius 3 is 2.84 bits per heavy atom. The third-order valence-electron chi connectivity index (χ3n) is 2.39. The fourth-order valence-corrected chi connectivity index (χ4v) is 1.69. The van der Waals surface area contributed by atoms with Gasteiger partial charge in [-0.1, -0.05) is 18.2 Å². The highest BCUT2D eigenvalue weighted by atomic mass is 32.1. The molecule has 19 heavy (non-hydrogen) atoms. The number of para-hydroxylation sites is 1. The maximum Gasteiger partial charge on any atom is 0.343 e. The molecule has 0 aliphatic carbocycles. The van der Waals surface area contributed by atoms with Crippen LogP contribution in [0.15, 0.2) is 41.5 Å². The van der Waals surface area contributed by atoms with Crippen LogP contribution in [0, 0.1) is 0 Å². The molecule has 96 valence electrons. The second-order valence-corrected chi connectivity index (χ2v) is 3.74. The van der Waals surface area contributed by atoms with E-state index < -0.39 is 5.97 Å². The Morgan fingerprint density at radius 1 is 1.47 bits per heavy atom. The van der Waals surface area contributed by atoms with Crippen LogP contribution in [-0.2, 0) is 4.74 Å². The third kappa shape index (κ3) is 2.76. The van der Waals surface area contributed by atoms with E-state index in [-0.39, 0.29) is 12.2 Å². The minimum atomic E-state index is -0.478. The number of hydrogen-bond acceptors (Lipinski definition) is 5. The van der Waals surface area contributed by atoms with Crippen LogP contribution in [0.1, 0.15) is 17.3 Å². The van der Waals surface area contributed by atoms with Gasteiger partial charge in [-0.15, -0.1) is 0 Å². The van der Waals surface area contributed by atoms with Crippen LogP contribution in [0.4, 0.5) is 5.82 Å². The number of rotatable bonds is 4. The van der Waals surface area contributed by atoms with Crippen molar-refractivity contribution in [1.82, 2.24) is 9.78 Å². The van der Waals surface area contributed by atoms with Crippen LogP contribution in [0.2, 0.25) is 0 Å². The number of nitrogens with zero attached hydrogens (tertiary/aromatic N) is 3. The summed E-state index contributed by atoms with van der Waals surface area (Å²) in [4.78, 5) is 15.7. The molecule has 0 fully saturated rings. The average Bonchev–Trinajstić information content (AvgIpc) is 2.84. The molecule has 0 N–H and O–H groups in total. The number of thiocarbonyl (C=S) groups is 1. The second kappa shape index (κ2) is 6.04. The number of carbonyl (C=O) groups is 1. The van der Waals surface area contributed by atoms with E-state index in [9.17, 15) is 4.79 Å². The van der Waals surface area contributed by atoms with Crippen molar-refractivity contribution in [2.45, 2.75) is 6.92 Å². The molecule has 2 rings (SSSR count). The molecular weight excluding hydrogens is 262 g/mol. The third-order valence-corrected chi connectivity index (χ3v) is 2.48. The van der Waals surface area contributed by atoms with E-state index in [2.05, 4.69) is 27.5 Å². The highest BCUT2D eigenvalue weighted by Gasteiger charge is 2.18. The number of aromatic nitrogens is 2. The molecule has 6 heteroatoms. The van der Waals surface area contributed by atoms with Gasteiger partial charge in [-0.3, -0.25) is 0 Å². The van der Waals surface area contributed by atoms with Crippen molar-refractivity contribution in [2.75, 3.05) is 6.61 Å². The molecule has 1 heterocycles. The zero-order valence-electron chi connectivity index (χ0n) is 10.2. The summed E-state index contributed by atoms with van der Waals surface area (Å²) in [5.41, 5.74) is 1.05. The summed E-state index contributed by atoms with van der Waals surface area (Å²) < 4.78 is 6.47. The number of ether oxygens (including phenoxy) is 1. The van der Waals surface area contributed by atoms with Gasteiger partial charge < -0.3 is 4.74 Å². The van der Waals surface area contributed by atoms with Gasteiger partial charge >= 0.3 is 5.97 Å². The van der Waals surface area contributed by atoms with Crippen LogP contribution >= 0.6 is 12.2 Å². The van der Waals surface area contributed by atoms with Crippen molar-refractivity contribution in [3.63, 3.8) is 0 Å². The van der Waals surface area contributed by atoms with Crippen molar-refractivity contribution in [2.24, 2.45) is 4.99 Å². The van der Waals surface area contributed by atoms with Crippen molar-refractivity contribution >= 4 is 29.2 Å². The number of esters is 1. The summed E-state index contributed by atoms with van der Waals surface area (Å²) in [6.07, 6.45) is 1.41. The SMILES string of the molecule is CCOC(=O)c1cnn(-c2ccccc2)c1N=C=S. The fraction of sp³-hybridized carbons (Fsp3) is 0.154. The van der Waals surface area contributed by atoms with Crippen molar-refractivity contribution in [1.29, 1.82) is 0 Å². The quantitative estimate of drug-likeness (QED) is 0.488. The molecule has 0 atom stereocenters. The Bertz CT molecular complexity index is 631. The van der Waals surface area contributed by atoms with E-state index in [1.807, 2.05) is 30.3 Å². The lowest BCUT2D eigenvalue weighted by Gasteiger charge is -2.04. The minimum absolute atomic E-state index is 0.267. The predicted octanol–water partition coefficient (Wildman–Crippen LogP) is 2.78. The summed E-state index contributed by atoms with van der Waals surface area (Å²) >= 11 is 4.61. The summed E-state index contributed by atoms with van der Waals surface area (Å²) in [5, 5.41) is 6.40. The summed E-state index contributed by atoms with van der Waals surface area (Å²) in [6.45, 7) is 2.03. The molecule has 0 saturated carbocycles. The lowest BCUT2D eigenvalue weighted by atomic mass is 10.3. The first-order valence-corrected chi connectivity index (χ1v) is 6.07. The van der Waals surface area contributed by atoms with Crippen LogP contribution in [-0.4, -0.2) is 27.5 Å². The molecule has 0 bridgehead atoms. The Kier molecular flexibility index (Phi) is 4.18. The van der Waals surface area contributed by atoms with E-state index in [0.29, 0.717) is 5.82 Å². The molecule has 0 radical (unpaired) electrons. The summed E-state index contributed by atoms with van der Waals surface area (Å²) in [5.74, 6) is -0.159. The van der Waals surface area contributed by atoms with Crippen LogP contribution in [0.25, 0.3) is 5.69 Å². The Morgan fingerprint density at radius 2 is 2.21 bits per heavy atom. The number of carbonyl (C=O) groups excluding carboxylic acids is 1. The average molecular weight is 273 g/mol. The number of isothiocyanates is 1. The van der Waals surface area contributed by atoms with Crippen molar-refractivity contribution < 1.29 is 9.53 Å². The maximum atomic E-state index is 11.8. The molecule has 1 aromatic carbocycles. The Hall–Kier alpha value is -2.30. The molecule has 2 aromatic rings. The molecule has 0 saturated heterocycles.